The molecule has 1 aromatic rings. The summed E-state index contributed by atoms with van der Waals surface area (Å²) in [6.07, 6.45) is 2.30. The summed E-state index contributed by atoms with van der Waals surface area (Å²) in [4.78, 5) is 0. The minimum atomic E-state index is -2.78. The molecular weight excluding hydrogens is 304 g/mol. The second-order valence-corrected chi connectivity index (χ2v) is 5.70. The summed E-state index contributed by atoms with van der Waals surface area (Å²) in [5.41, 5.74) is 0.754. The van der Waals surface area contributed by atoms with E-state index in [1.165, 1.54) is 0 Å². The van der Waals surface area contributed by atoms with Crippen molar-refractivity contribution in [2.24, 2.45) is 5.92 Å². The Kier molecular flexibility index (Phi) is 4.56. The molecule has 0 aliphatic heterocycles. The Bertz CT molecular complexity index is 408. The summed E-state index contributed by atoms with van der Waals surface area (Å²) in [6, 6.07) is 5.58. The van der Waals surface area contributed by atoms with Gasteiger partial charge in [-0.1, -0.05) is 22.9 Å². The van der Waals surface area contributed by atoms with Gasteiger partial charge in [0.1, 0.15) is 5.75 Å². The lowest BCUT2D eigenvalue weighted by molar-refractivity contribution is -0.0505. The van der Waals surface area contributed by atoms with Gasteiger partial charge in [-0.2, -0.15) is 8.78 Å². The molecule has 0 spiro atoms. The van der Waals surface area contributed by atoms with Crippen LogP contribution in [-0.4, -0.2) is 12.7 Å². The fourth-order valence-corrected chi connectivity index (χ4v) is 2.63. The van der Waals surface area contributed by atoms with Gasteiger partial charge >= 0.3 is 6.61 Å². The van der Waals surface area contributed by atoms with Crippen molar-refractivity contribution in [2.45, 2.75) is 39.0 Å². The van der Waals surface area contributed by atoms with Crippen molar-refractivity contribution in [3.8, 4) is 5.75 Å². The van der Waals surface area contributed by atoms with Gasteiger partial charge in [0.15, 0.2) is 0 Å². The van der Waals surface area contributed by atoms with Gasteiger partial charge in [-0.25, -0.2) is 0 Å². The van der Waals surface area contributed by atoms with Crippen molar-refractivity contribution in [2.75, 3.05) is 0 Å². The van der Waals surface area contributed by atoms with Crippen LogP contribution in [0.3, 0.4) is 0 Å². The number of ether oxygens (including phenoxy) is 1. The second kappa shape index (κ2) is 5.97. The maximum absolute atomic E-state index is 12.3. The summed E-state index contributed by atoms with van der Waals surface area (Å²) in [5, 5.41) is 3.36. The molecule has 1 N–H and O–H groups in total. The number of nitrogens with one attached hydrogen (secondary N) is 1. The van der Waals surface area contributed by atoms with Gasteiger partial charge in [-0.3, -0.25) is 0 Å². The van der Waals surface area contributed by atoms with Gasteiger partial charge in [0.25, 0.3) is 0 Å². The van der Waals surface area contributed by atoms with Crippen molar-refractivity contribution in [1.82, 2.24) is 5.32 Å². The highest BCUT2D eigenvalue weighted by molar-refractivity contribution is 9.10. The molecule has 0 saturated heterocycles. The smallest absolute Gasteiger partial charge is 0.387 e. The molecule has 18 heavy (non-hydrogen) atoms. The monoisotopic (exact) mass is 319 g/mol. The van der Waals surface area contributed by atoms with Crippen LogP contribution in [0.5, 0.6) is 5.75 Å². The summed E-state index contributed by atoms with van der Waals surface area (Å²) in [5.74, 6) is 1.01. The number of rotatable bonds is 5. The maximum Gasteiger partial charge on any atom is 0.387 e. The molecule has 0 unspecified atom stereocenters. The molecule has 2 nitrogen and oxygen atoms in total. The maximum atomic E-state index is 12.3. The highest BCUT2D eigenvalue weighted by atomic mass is 79.9. The van der Waals surface area contributed by atoms with Crippen LogP contribution in [0.4, 0.5) is 8.78 Å². The highest BCUT2D eigenvalue weighted by Gasteiger charge is 2.24. The van der Waals surface area contributed by atoms with E-state index in [0.29, 0.717) is 12.6 Å². The van der Waals surface area contributed by atoms with E-state index in [4.69, 9.17) is 0 Å². The highest BCUT2D eigenvalue weighted by Crippen LogP contribution is 2.28. The van der Waals surface area contributed by atoms with Gasteiger partial charge in [0.2, 0.25) is 0 Å². The predicted molar refractivity (Wildman–Crippen MR) is 69.8 cm³/mol. The zero-order chi connectivity index (χ0) is 13.1. The third kappa shape index (κ3) is 3.65. The topological polar surface area (TPSA) is 21.3 Å². The zero-order valence-corrected chi connectivity index (χ0v) is 11.7. The fourth-order valence-electron chi connectivity index (χ4n) is 2.22. The molecular formula is C13H16BrF2NO. The molecule has 0 aromatic heterocycles. The van der Waals surface area contributed by atoms with E-state index >= 15 is 0 Å². The summed E-state index contributed by atoms with van der Waals surface area (Å²) in [7, 11) is 0. The molecule has 0 radical (unpaired) electrons. The van der Waals surface area contributed by atoms with E-state index in [0.717, 1.165) is 28.8 Å². The molecule has 2 rings (SSSR count). The SMILES string of the molecule is CC1CC(NCc2cc(Br)ccc2OC(F)F)C1. The Hall–Kier alpha value is -0.680. The summed E-state index contributed by atoms with van der Waals surface area (Å²) in [6.45, 7) is -0.0183. The Morgan fingerprint density at radius 2 is 2.17 bits per heavy atom. The average Bonchev–Trinajstić information content (AvgIpc) is 2.25. The van der Waals surface area contributed by atoms with Gasteiger partial charge in [0, 0.05) is 22.6 Å². The molecule has 1 fully saturated rings. The molecule has 1 aromatic carbocycles. The first-order valence-corrected chi connectivity index (χ1v) is 6.80. The van der Waals surface area contributed by atoms with Crippen molar-refractivity contribution < 1.29 is 13.5 Å². The van der Waals surface area contributed by atoms with Crippen molar-refractivity contribution in [3.05, 3.63) is 28.2 Å². The lowest BCUT2D eigenvalue weighted by atomic mass is 9.82. The number of hydrogen-bond donors (Lipinski definition) is 1. The van der Waals surface area contributed by atoms with E-state index < -0.39 is 6.61 Å². The van der Waals surface area contributed by atoms with Crippen LogP contribution in [0.25, 0.3) is 0 Å². The number of alkyl halides is 2. The van der Waals surface area contributed by atoms with Crippen LogP contribution in [-0.2, 0) is 6.54 Å². The molecule has 0 amide bonds. The van der Waals surface area contributed by atoms with Gasteiger partial charge in [0.05, 0.1) is 0 Å². The minimum absolute atomic E-state index is 0.244. The number of hydrogen-bond acceptors (Lipinski definition) is 2. The lowest BCUT2D eigenvalue weighted by Crippen LogP contribution is -2.39. The van der Waals surface area contributed by atoms with Crippen LogP contribution < -0.4 is 10.1 Å². The summed E-state index contributed by atoms with van der Waals surface area (Å²) >= 11 is 3.34. The van der Waals surface area contributed by atoms with E-state index in [2.05, 4.69) is 32.9 Å². The third-order valence-corrected chi connectivity index (χ3v) is 3.69. The third-order valence-electron chi connectivity index (χ3n) is 3.19. The number of halogens is 3. The first-order valence-electron chi connectivity index (χ1n) is 6.01. The van der Waals surface area contributed by atoms with Crippen molar-refractivity contribution >= 4 is 15.9 Å². The van der Waals surface area contributed by atoms with Crippen LogP contribution in [0.1, 0.15) is 25.3 Å². The molecule has 100 valence electrons. The first kappa shape index (κ1) is 13.7. The van der Waals surface area contributed by atoms with Crippen LogP contribution in [0, 0.1) is 5.92 Å². The van der Waals surface area contributed by atoms with E-state index in [1.54, 1.807) is 12.1 Å². The Balaban J connectivity index is 1.98. The second-order valence-electron chi connectivity index (χ2n) is 4.78. The minimum Gasteiger partial charge on any atom is -0.434 e. The average molecular weight is 320 g/mol. The van der Waals surface area contributed by atoms with Gasteiger partial charge in [-0.15, -0.1) is 0 Å². The molecule has 5 heteroatoms. The molecule has 1 aliphatic rings. The van der Waals surface area contributed by atoms with Crippen LogP contribution >= 0.6 is 15.9 Å². The van der Waals surface area contributed by atoms with Gasteiger partial charge < -0.3 is 10.1 Å². The Morgan fingerprint density at radius 1 is 1.44 bits per heavy atom. The molecule has 0 heterocycles. The van der Waals surface area contributed by atoms with Crippen molar-refractivity contribution in [3.63, 3.8) is 0 Å². The summed E-state index contributed by atoms with van der Waals surface area (Å²) < 4.78 is 29.9. The van der Waals surface area contributed by atoms with Crippen molar-refractivity contribution in [1.29, 1.82) is 0 Å². The Labute approximate surface area is 114 Å². The lowest BCUT2D eigenvalue weighted by Gasteiger charge is -2.33. The molecule has 0 atom stereocenters. The quantitative estimate of drug-likeness (QED) is 0.887. The van der Waals surface area contributed by atoms with E-state index in [-0.39, 0.29) is 5.75 Å². The first-order chi connectivity index (χ1) is 8.54. The molecule has 1 saturated carbocycles. The van der Waals surface area contributed by atoms with Gasteiger partial charge in [-0.05, 0) is 37.0 Å². The normalized spacial score (nSPS) is 22.9. The molecule has 1 aliphatic carbocycles. The fraction of sp³-hybridized carbons (Fsp3) is 0.538. The Morgan fingerprint density at radius 3 is 2.78 bits per heavy atom. The van der Waals surface area contributed by atoms with E-state index in [9.17, 15) is 8.78 Å². The number of benzene rings is 1. The standard InChI is InChI=1S/C13H16BrF2NO/c1-8-4-11(5-8)17-7-9-6-10(14)2-3-12(9)18-13(15)16/h2-3,6,8,11,13,17H,4-5,7H2,1H3. The van der Waals surface area contributed by atoms with Crippen LogP contribution in [0.2, 0.25) is 0 Å². The largest absolute Gasteiger partial charge is 0.434 e. The zero-order valence-electron chi connectivity index (χ0n) is 10.1. The van der Waals surface area contributed by atoms with Crippen LogP contribution in [0.15, 0.2) is 22.7 Å². The predicted octanol–water partition coefficient (Wildman–Crippen LogP) is 3.94. The van der Waals surface area contributed by atoms with E-state index in [1.807, 2.05) is 6.07 Å². The molecule has 0 bridgehead atoms.